The molecule has 2 heterocycles. The predicted molar refractivity (Wildman–Crippen MR) is 112 cm³/mol. The van der Waals surface area contributed by atoms with Crippen LogP contribution in [0, 0.1) is 6.92 Å². The average Bonchev–Trinajstić information content (AvgIpc) is 3.35. The molecule has 0 aliphatic carbocycles. The summed E-state index contributed by atoms with van der Waals surface area (Å²) in [5.41, 5.74) is 2.89. The third-order valence-electron chi connectivity index (χ3n) is 4.34. The zero-order chi connectivity index (χ0) is 18.8. The molecule has 0 radical (unpaired) electrons. The number of amides is 1. The maximum atomic E-state index is 12.6. The lowest BCUT2D eigenvalue weighted by molar-refractivity contribution is 0.0954. The Kier molecular flexibility index (Phi) is 4.92. The summed E-state index contributed by atoms with van der Waals surface area (Å²) in [5.74, 6) is 0.756. The quantitative estimate of drug-likeness (QED) is 0.501. The van der Waals surface area contributed by atoms with Gasteiger partial charge >= 0.3 is 0 Å². The van der Waals surface area contributed by atoms with Crippen LogP contribution in [0.25, 0.3) is 21.3 Å². The van der Waals surface area contributed by atoms with Crippen LogP contribution in [0.1, 0.15) is 20.9 Å². The Hall–Kier alpha value is -2.70. The summed E-state index contributed by atoms with van der Waals surface area (Å²) < 4.78 is 5.26. The largest absolute Gasteiger partial charge is 0.497 e. The van der Waals surface area contributed by atoms with Crippen LogP contribution >= 0.6 is 22.7 Å². The van der Waals surface area contributed by atoms with Gasteiger partial charge in [-0.05, 0) is 52.9 Å². The van der Waals surface area contributed by atoms with E-state index in [4.69, 9.17) is 4.74 Å². The van der Waals surface area contributed by atoms with Gasteiger partial charge in [0.1, 0.15) is 15.6 Å². The molecule has 0 aliphatic heterocycles. The van der Waals surface area contributed by atoms with Crippen molar-refractivity contribution in [2.75, 3.05) is 7.11 Å². The Balaban J connectivity index is 1.48. The standard InChI is InChI=1S/C21H18N2O2S2/c1-13-19(27-21(23-13)17-7-8-26-12-17)20(24)22-11-14-3-4-16-10-18(25-2)6-5-15(16)9-14/h3-10,12H,11H2,1-2H3,(H,22,24). The first-order chi connectivity index (χ1) is 13.1. The van der Waals surface area contributed by atoms with E-state index in [-0.39, 0.29) is 5.91 Å². The average molecular weight is 395 g/mol. The van der Waals surface area contributed by atoms with Crippen LogP contribution in [0.3, 0.4) is 0 Å². The van der Waals surface area contributed by atoms with Gasteiger partial charge < -0.3 is 10.1 Å². The second kappa shape index (κ2) is 7.50. The van der Waals surface area contributed by atoms with Crippen molar-refractivity contribution in [2.45, 2.75) is 13.5 Å². The molecule has 0 atom stereocenters. The van der Waals surface area contributed by atoms with Crippen LogP contribution in [0.5, 0.6) is 5.75 Å². The molecule has 27 heavy (non-hydrogen) atoms. The number of thiophene rings is 1. The summed E-state index contributed by atoms with van der Waals surface area (Å²) in [5, 5.41) is 10.2. The van der Waals surface area contributed by atoms with Gasteiger partial charge in [-0.15, -0.1) is 11.3 Å². The number of fused-ring (bicyclic) bond motifs is 1. The fraction of sp³-hybridized carbons (Fsp3) is 0.143. The number of hydrogen-bond donors (Lipinski definition) is 1. The van der Waals surface area contributed by atoms with E-state index in [1.54, 1.807) is 18.4 Å². The van der Waals surface area contributed by atoms with Gasteiger partial charge in [-0.2, -0.15) is 11.3 Å². The summed E-state index contributed by atoms with van der Waals surface area (Å²) in [6.07, 6.45) is 0. The normalized spacial score (nSPS) is 10.9. The van der Waals surface area contributed by atoms with Gasteiger partial charge in [-0.3, -0.25) is 4.79 Å². The van der Waals surface area contributed by atoms with E-state index < -0.39 is 0 Å². The third kappa shape index (κ3) is 3.72. The smallest absolute Gasteiger partial charge is 0.263 e. The van der Waals surface area contributed by atoms with E-state index in [0.717, 1.165) is 38.4 Å². The fourth-order valence-electron chi connectivity index (χ4n) is 2.89. The van der Waals surface area contributed by atoms with Gasteiger partial charge in [-0.1, -0.05) is 18.2 Å². The number of rotatable bonds is 5. The first-order valence-electron chi connectivity index (χ1n) is 8.49. The lowest BCUT2D eigenvalue weighted by atomic mass is 10.1. The molecule has 1 N–H and O–H groups in total. The molecular formula is C21H18N2O2S2. The van der Waals surface area contributed by atoms with Gasteiger partial charge in [0.2, 0.25) is 0 Å². The molecule has 4 aromatic rings. The third-order valence-corrected chi connectivity index (χ3v) is 6.22. The number of ether oxygens (including phenoxy) is 1. The molecule has 6 heteroatoms. The molecule has 0 saturated heterocycles. The Morgan fingerprint density at radius 1 is 1.15 bits per heavy atom. The van der Waals surface area contributed by atoms with Crippen molar-refractivity contribution in [1.29, 1.82) is 0 Å². The molecular weight excluding hydrogens is 376 g/mol. The molecule has 1 amide bonds. The number of carbonyl (C=O) groups is 1. The molecule has 2 aromatic carbocycles. The Morgan fingerprint density at radius 2 is 1.96 bits per heavy atom. The zero-order valence-electron chi connectivity index (χ0n) is 15.0. The number of thiazole rings is 1. The minimum atomic E-state index is -0.0821. The van der Waals surface area contributed by atoms with Crippen LogP contribution in [-0.4, -0.2) is 18.0 Å². The highest BCUT2D eigenvalue weighted by Gasteiger charge is 2.16. The number of aryl methyl sites for hydroxylation is 1. The Morgan fingerprint density at radius 3 is 2.74 bits per heavy atom. The van der Waals surface area contributed by atoms with Crippen molar-refractivity contribution in [3.05, 3.63) is 69.4 Å². The molecule has 2 aromatic heterocycles. The highest BCUT2D eigenvalue weighted by Crippen LogP contribution is 2.29. The number of nitrogens with one attached hydrogen (secondary N) is 1. The zero-order valence-corrected chi connectivity index (χ0v) is 16.6. The maximum absolute atomic E-state index is 12.6. The molecule has 4 rings (SSSR count). The van der Waals surface area contributed by atoms with Crippen LogP contribution in [0.4, 0.5) is 0 Å². The van der Waals surface area contributed by atoms with Gasteiger partial charge in [0, 0.05) is 17.5 Å². The van der Waals surface area contributed by atoms with Crippen molar-refractivity contribution in [2.24, 2.45) is 0 Å². The summed E-state index contributed by atoms with van der Waals surface area (Å²) >= 11 is 3.06. The first kappa shape index (κ1) is 17.7. The number of benzene rings is 2. The van der Waals surface area contributed by atoms with E-state index >= 15 is 0 Å². The first-order valence-corrected chi connectivity index (χ1v) is 10.2. The number of nitrogens with zero attached hydrogens (tertiary/aromatic N) is 1. The fourth-order valence-corrected chi connectivity index (χ4v) is 4.58. The molecule has 0 spiro atoms. The number of carbonyl (C=O) groups excluding carboxylic acids is 1. The van der Waals surface area contributed by atoms with Crippen LogP contribution < -0.4 is 10.1 Å². The van der Waals surface area contributed by atoms with Gasteiger partial charge in [0.05, 0.1) is 12.8 Å². The topological polar surface area (TPSA) is 51.2 Å². The molecule has 4 nitrogen and oxygen atoms in total. The lowest BCUT2D eigenvalue weighted by Crippen LogP contribution is -2.22. The predicted octanol–water partition coefficient (Wildman–Crippen LogP) is 5.27. The molecule has 0 fully saturated rings. The van der Waals surface area contributed by atoms with Crippen molar-refractivity contribution in [3.8, 4) is 16.3 Å². The number of hydrogen-bond acceptors (Lipinski definition) is 5. The monoisotopic (exact) mass is 394 g/mol. The maximum Gasteiger partial charge on any atom is 0.263 e. The lowest BCUT2D eigenvalue weighted by Gasteiger charge is -2.07. The number of aromatic nitrogens is 1. The molecule has 0 unspecified atom stereocenters. The molecule has 0 bridgehead atoms. The second-order valence-corrected chi connectivity index (χ2v) is 7.95. The minimum absolute atomic E-state index is 0.0821. The van der Waals surface area contributed by atoms with Gasteiger partial charge in [0.15, 0.2) is 0 Å². The summed E-state index contributed by atoms with van der Waals surface area (Å²) in [7, 11) is 1.66. The summed E-state index contributed by atoms with van der Waals surface area (Å²) in [6, 6.07) is 14.2. The summed E-state index contributed by atoms with van der Waals surface area (Å²) in [4.78, 5) is 17.8. The van der Waals surface area contributed by atoms with E-state index in [2.05, 4.69) is 16.4 Å². The Bertz CT molecular complexity index is 1100. The Labute approximate surface area is 165 Å². The van der Waals surface area contributed by atoms with E-state index in [0.29, 0.717) is 11.4 Å². The van der Waals surface area contributed by atoms with Gasteiger partial charge in [-0.25, -0.2) is 4.98 Å². The highest BCUT2D eigenvalue weighted by atomic mass is 32.1. The van der Waals surface area contributed by atoms with Crippen molar-refractivity contribution < 1.29 is 9.53 Å². The highest BCUT2D eigenvalue weighted by molar-refractivity contribution is 7.17. The van der Waals surface area contributed by atoms with Crippen molar-refractivity contribution in [3.63, 3.8) is 0 Å². The molecule has 0 saturated carbocycles. The van der Waals surface area contributed by atoms with Crippen LogP contribution in [-0.2, 0) is 6.54 Å². The second-order valence-electron chi connectivity index (χ2n) is 6.18. The summed E-state index contributed by atoms with van der Waals surface area (Å²) in [6.45, 7) is 2.36. The molecule has 136 valence electrons. The minimum Gasteiger partial charge on any atom is -0.497 e. The van der Waals surface area contributed by atoms with Gasteiger partial charge in [0.25, 0.3) is 5.91 Å². The van der Waals surface area contributed by atoms with Crippen molar-refractivity contribution >= 4 is 39.4 Å². The van der Waals surface area contributed by atoms with Crippen LogP contribution in [0.2, 0.25) is 0 Å². The number of methoxy groups -OCH3 is 1. The van der Waals surface area contributed by atoms with E-state index in [1.807, 2.05) is 54.1 Å². The molecule has 0 aliphatic rings. The SMILES string of the molecule is COc1ccc2cc(CNC(=O)c3sc(-c4ccsc4)nc3C)ccc2c1. The van der Waals surface area contributed by atoms with Crippen molar-refractivity contribution in [1.82, 2.24) is 10.3 Å². The van der Waals surface area contributed by atoms with Crippen LogP contribution in [0.15, 0.2) is 53.2 Å². The van der Waals surface area contributed by atoms with E-state index in [9.17, 15) is 4.79 Å². The van der Waals surface area contributed by atoms with E-state index in [1.165, 1.54) is 11.3 Å².